The fraction of sp³-hybridized carbons (Fsp3) is 0.340. The number of rotatable bonds is 15. The minimum absolute atomic E-state index is 0.00489. The average Bonchev–Trinajstić information content (AvgIpc) is 3.33. The largest absolute Gasteiger partial charge is 0.495 e. The molecular formula is C47H43N3O18. The zero-order chi connectivity index (χ0) is 49.3. The van der Waals surface area contributed by atoms with Crippen molar-refractivity contribution in [3.63, 3.8) is 0 Å². The molecule has 68 heavy (non-hydrogen) atoms. The number of hydrogen-bond acceptors (Lipinski definition) is 18. The van der Waals surface area contributed by atoms with Crippen LogP contribution in [0.5, 0.6) is 17.2 Å². The molecule has 0 spiro atoms. The lowest BCUT2D eigenvalue weighted by atomic mass is 9.91. The lowest BCUT2D eigenvalue weighted by molar-refractivity contribution is -0.156. The first kappa shape index (κ1) is 47.7. The van der Waals surface area contributed by atoms with Crippen LogP contribution < -0.4 is 46.8 Å². The van der Waals surface area contributed by atoms with Gasteiger partial charge in [-0.2, -0.15) is 0 Å². The van der Waals surface area contributed by atoms with Crippen molar-refractivity contribution in [2.45, 2.75) is 51.7 Å². The van der Waals surface area contributed by atoms with Crippen molar-refractivity contribution < 1.29 is 61.9 Å². The van der Waals surface area contributed by atoms with Gasteiger partial charge in [-0.15, -0.1) is 0 Å². The summed E-state index contributed by atoms with van der Waals surface area (Å²) in [6.45, 7) is 0.674. The SMILES string of the molecule is COC(=O)CCOC(=O)C1CN(C(=O)Cn2c(C)cc3c(=O)c4ccc5c(OC)c6c(=O)c7c(OCCC(=O)OC)cccc7c(=O)c6c(OCCC(=O)OC)c5c4c(=O)c3c2=O)C(C)C(=O)N1. The summed E-state index contributed by atoms with van der Waals surface area (Å²) in [6, 6.07) is 5.72. The Hall–Kier alpha value is -8.23. The van der Waals surface area contributed by atoms with E-state index in [1.54, 1.807) is 0 Å². The second-order valence-electron chi connectivity index (χ2n) is 15.6. The lowest BCUT2D eigenvalue weighted by Crippen LogP contribution is -2.63. The molecule has 1 aromatic heterocycles. The van der Waals surface area contributed by atoms with E-state index in [1.807, 2.05) is 0 Å². The van der Waals surface area contributed by atoms with E-state index in [2.05, 4.69) is 14.8 Å². The maximum absolute atomic E-state index is 15.0. The molecule has 6 aromatic rings. The number of nitrogens with zero attached hydrogens (tertiary/aromatic N) is 2. The highest BCUT2D eigenvalue weighted by Gasteiger charge is 2.39. The summed E-state index contributed by atoms with van der Waals surface area (Å²) in [5.74, 6) is -5.04. The van der Waals surface area contributed by atoms with E-state index < -0.39 is 99.0 Å². The molecule has 0 saturated carbocycles. The molecule has 2 heterocycles. The number of aromatic nitrogens is 1. The smallest absolute Gasteiger partial charge is 0.330 e. The molecule has 2 unspecified atom stereocenters. The minimum atomic E-state index is -1.33. The molecule has 1 aliphatic rings. The first-order chi connectivity index (χ1) is 32.5. The monoisotopic (exact) mass is 937 g/mol. The van der Waals surface area contributed by atoms with Crippen LogP contribution in [0.1, 0.15) is 31.9 Å². The molecule has 5 aromatic carbocycles. The van der Waals surface area contributed by atoms with Gasteiger partial charge < -0.3 is 47.9 Å². The molecule has 354 valence electrons. The summed E-state index contributed by atoms with van der Waals surface area (Å²) < 4.78 is 37.8. The van der Waals surface area contributed by atoms with Crippen LogP contribution in [0.15, 0.2) is 60.4 Å². The summed E-state index contributed by atoms with van der Waals surface area (Å²) in [5.41, 5.74) is -4.37. The van der Waals surface area contributed by atoms with E-state index in [0.29, 0.717) is 0 Å². The number of amides is 2. The summed E-state index contributed by atoms with van der Waals surface area (Å²) in [6.07, 6.45) is -0.801. The van der Waals surface area contributed by atoms with Crippen LogP contribution >= 0.6 is 0 Å². The quantitative estimate of drug-likeness (QED) is 0.0650. The molecule has 1 fully saturated rings. The number of hydrogen-bond donors (Lipinski definition) is 1. The van der Waals surface area contributed by atoms with E-state index in [1.165, 1.54) is 64.5 Å². The van der Waals surface area contributed by atoms with Crippen LogP contribution in [-0.4, -0.2) is 112 Å². The number of pyridine rings is 1. The van der Waals surface area contributed by atoms with Gasteiger partial charge in [-0.05, 0) is 38.1 Å². The molecule has 1 saturated heterocycles. The normalized spacial score (nSPS) is 14.8. The third-order valence-electron chi connectivity index (χ3n) is 11.8. The molecule has 7 rings (SSSR count). The molecule has 21 heteroatoms. The number of fused-ring (bicyclic) bond motifs is 6. The van der Waals surface area contributed by atoms with Crippen LogP contribution in [-0.2, 0) is 54.3 Å². The van der Waals surface area contributed by atoms with Gasteiger partial charge in [0, 0.05) is 38.0 Å². The summed E-state index contributed by atoms with van der Waals surface area (Å²) in [4.78, 5) is 150. The third-order valence-corrected chi connectivity index (χ3v) is 11.8. The number of benzene rings is 5. The van der Waals surface area contributed by atoms with Gasteiger partial charge in [-0.25, -0.2) is 4.79 Å². The van der Waals surface area contributed by atoms with E-state index in [9.17, 15) is 47.9 Å². The molecular weight excluding hydrogens is 895 g/mol. The number of ether oxygens (including phenoxy) is 7. The molecule has 21 nitrogen and oxygen atoms in total. The Morgan fingerprint density at radius 1 is 0.632 bits per heavy atom. The Morgan fingerprint density at radius 3 is 1.87 bits per heavy atom. The summed E-state index contributed by atoms with van der Waals surface area (Å²) in [7, 11) is 4.71. The number of aryl methyl sites for hydroxylation is 1. The van der Waals surface area contributed by atoms with Gasteiger partial charge in [0.1, 0.15) is 42.5 Å². The van der Waals surface area contributed by atoms with Crippen LogP contribution in [0.3, 0.4) is 0 Å². The van der Waals surface area contributed by atoms with Gasteiger partial charge in [0.15, 0.2) is 10.9 Å². The van der Waals surface area contributed by atoms with Crippen molar-refractivity contribution in [2.24, 2.45) is 0 Å². The van der Waals surface area contributed by atoms with E-state index in [-0.39, 0.29) is 105 Å². The van der Waals surface area contributed by atoms with E-state index in [0.717, 1.165) is 23.7 Å². The van der Waals surface area contributed by atoms with Gasteiger partial charge in [0.25, 0.3) is 5.56 Å². The molecule has 0 radical (unpaired) electrons. The van der Waals surface area contributed by atoms with Gasteiger partial charge in [0.2, 0.25) is 22.7 Å². The standard InChI is InChI=1S/C47H43N3O18/c1-21-18-26-36(46(60)49(21)20-29(51)50-19-27(48-45(59)22(50)2)47(61)68-17-14-32(54)64-5)42(58)34-24(39(26)55)10-11-25-35(34)44(67-16-13-31(53)63-4)37-38(43(25)65-6)41(57)33-23(40(37)56)8-7-9-28(33)66-15-12-30(52)62-3/h7-11,18,22,27H,12-17,19-20H2,1-6H3,(H,48,59). The number of carbonyl (C=O) groups excluding carboxylic acids is 6. The Morgan fingerprint density at radius 2 is 1.22 bits per heavy atom. The maximum Gasteiger partial charge on any atom is 0.330 e. The molecule has 0 bridgehead atoms. The summed E-state index contributed by atoms with van der Waals surface area (Å²) in [5, 5.41) is -0.326. The van der Waals surface area contributed by atoms with Crippen molar-refractivity contribution in [3.05, 3.63) is 93.3 Å². The predicted molar refractivity (Wildman–Crippen MR) is 242 cm³/mol. The Kier molecular flexibility index (Phi) is 13.6. The molecule has 0 aliphatic carbocycles. The third kappa shape index (κ3) is 8.41. The van der Waals surface area contributed by atoms with Crippen molar-refractivity contribution >= 4 is 89.6 Å². The van der Waals surface area contributed by atoms with Crippen molar-refractivity contribution in [3.8, 4) is 17.2 Å². The molecule has 2 amide bonds. The van der Waals surface area contributed by atoms with E-state index in [4.69, 9.17) is 23.7 Å². The highest BCUT2D eigenvalue weighted by molar-refractivity contribution is 6.23. The van der Waals surface area contributed by atoms with E-state index >= 15 is 4.79 Å². The highest BCUT2D eigenvalue weighted by Crippen LogP contribution is 2.44. The van der Waals surface area contributed by atoms with Gasteiger partial charge in [-0.3, -0.25) is 47.9 Å². The highest BCUT2D eigenvalue weighted by atomic mass is 16.5. The Balaban J connectivity index is 1.44. The van der Waals surface area contributed by atoms with Gasteiger partial charge in [-0.1, -0.05) is 12.1 Å². The first-order valence-electron chi connectivity index (χ1n) is 21.0. The number of carbonyl (C=O) groups is 6. The average molecular weight is 938 g/mol. The van der Waals surface area contributed by atoms with Crippen LogP contribution in [0.4, 0.5) is 0 Å². The van der Waals surface area contributed by atoms with Gasteiger partial charge in [0.05, 0.1) is 89.0 Å². The summed E-state index contributed by atoms with van der Waals surface area (Å²) >= 11 is 0. The number of esters is 4. The zero-order valence-corrected chi connectivity index (χ0v) is 37.5. The Bertz CT molecular complexity index is 3430. The Labute approximate surface area is 382 Å². The number of piperazine rings is 1. The zero-order valence-electron chi connectivity index (χ0n) is 37.5. The van der Waals surface area contributed by atoms with Crippen molar-refractivity contribution in [1.29, 1.82) is 0 Å². The topological polar surface area (TPSA) is 273 Å². The first-order valence-corrected chi connectivity index (χ1v) is 21.0. The van der Waals surface area contributed by atoms with Crippen LogP contribution in [0.2, 0.25) is 0 Å². The second kappa shape index (κ2) is 19.3. The van der Waals surface area contributed by atoms with Crippen molar-refractivity contribution in [2.75, 3.05) is 54.8 Å². The fourth-order valence-electron chi connectivity index (χ4n) is 8.33. The minimum Gasteiger partial charge on any atom is -0.495 e. The molecule has 2 atom stereocenters. The van der Waals surface area contributed by atoms with Crippen LogP contribution in [0.25, 0.3) is 53.9 Å². The molecule has 1 N–H and O–H groups in total. The maximum atomic E-state index is 15.0. The second-order valence-corrected chi connectivity index (χ2v) is 15.6. The fourth-order valence-corrected chi connectivity index (χ4v) is 8.33. The molecule has 1 aliphatic heterocycles. The predicted octanol–water partition coefficient (Wildman–Crippen LogP) is 0.953. The number of nitrogens with one attached hydrogen (secondary N) is 1. The van der Waals surface area contributed by atoms with Crippen LogP contribution in [0, 0.1) is 6.92 Å². The van der Waals surface area contributed by atoms with Crippen molar-refractivity contribution in [1.82, 2.24) is 14.8 Å². The lowest BCUT2D eigenvalue weighted by Gasteiger charge is -2.37. The number of methoxy groups -OCH3 is 4. The van der Waals surface area contributed by atoms with Gasteiger partial charge >= 0.3 is 23.9 Å².